The van der Waals surface area contributed by atoms with Crippen LogP contribution in [0.25, 0.3) is 0 Å². The van der Waals surface area contributed by atoms with Crippen molar-refractivity contribution in [2.75, 3.05) is 0 Å². The lowest BCUT2D eigenvalue weighted by atomic mass is 10.2. The monoisotopic (exact) mass is 509 g/mol. The first-order chi connectivity index (χ1) is 10.4. The maximum Gasteiger partial charge on any atom is 0.254 e. The molecular formula is C15H11Br3ClNO2. The molecule has 1 atom stereocenters. The second-order valence-corrected chi connectivity index (χ2v) is 11.7. The van der Waals surface area contributed by atoms with E-state index in [4.69, 9.17) is 16.3 Å². The average molecular weight is 512 g/mol. The zero-order valence-corrected chi connectivity index (χ0v) is 16.6. The van der Waals surface area contributed by atoms with Crippen molar-refractivity contribution in [2.45, 2.75) is 8.37 Å². The molecule has 22 heavy (non-hydrogen) atoms. The van der Waals surface area contributed by atoms with Crippen molar-refractivity contribution in [2.24, 2.45) is 0 Å². The molecule has 0 fully saturated rings. The molecule has 0 aliphatic rings. The maximum atomic E-state index is 12.3. The molecule has 2 rings (SSSR count). The van der Waals surface area contributed by atoms with Gasteiger partial charge >= 0.3 is 0 Å². The molecule has 0 spiro atoms. The highest BCUT2D eigenvalue weighted by Gasteiger charge is 2.34. The SMILES string of the molecule is O=C(NC(Oc1ccc(Cl)cc1)C(Br)(Br)Br)c1ccccc1. The lowest BCUT2D eigenvalue weighted by Gasteiger charge is -2.27. The Morgan fingerprint density at radius 1 is 1.05 bits per heavy atom. The summed E-state index contributed by atoms with van der Waals surface area (Å²) in [7, 11) is 0. The molecule has 3 nitrogen and oxygen atoms in total. The van der Waals surface area contributed by atoms with Gasteiger partial charge in [-0.3, -0.25) is 4.79 Å². The molecule has 116 valence electrons. The van der Waals surface area contributed by atoms with Gasteiger partial charge in [-0.1, -0.05) is 77.6 Å². The number of alkyl halides is 3. The molecule has 0 aliphatic carbocycles. The third-order valence-electron chi connectivity index (χ3n) is 2.66. The van der Waals surface area contributed by atoms with E-state index in [1.54, 1.807) is 48.5 Å². The molecule has 0 radical (unpaired) electrons. The topological polar surface area (TPSA) is 38.3 Å². The Labute approximate surface area is 158 Å². The highest BCUT2D eigenvalue weighted by Crippen LogP contribution is 2.38. The van der Waals surface area contributed by atoms with E-state index in [0.29, 0.717) is 16.3 Å². The fourth-order valence-corrected chi connectivity index (χ4v) is 2.37. The highest BCUT2D eigenvalue weighted by atomic mass is 80.0. The fourth-order valence-electron chi connectivity index (χ4n) is 1.62. The van der Waals surface area contributed by atoms with Crippen LogP contribution in [0.1, 0.15) is 10.4 Å². The van der Waals surface area contributed by atoms with Gasteiger partial charge in [0.15, 0.2) is 2.14 Å². The van der Waals surface area contributed by atoms with E-state index in [9.17, 15) is 4.79 Å². The summed E-state index contributed by atoms with van der Waals surface area (Å²) in [5.74, 6) is 0.327. The van der Waals surface area contributed by atoms with Gasteiger partial charge in [0.05, 0.1) is 0 Å². The average Bonchev–Trinajstić information content (AvgIpc) is 2.48. The minimum atomic E-state index is -0.822. The van der Waals surface area contributed by atoms with Gasteiger partial charge in [-0.25, -0.2) is 0 Å². The molecule has 0 aliphatic heterocycles. The molecule has 0 saturated carbocycles. The first-order valence-corrected chi connectivity index (χ1v) is 8.97. The van der Waals surface area contributed by atoms with Gasteiger partial charge in [-0.15, -0.1) is 0 Å². The number of nitrogens with one attached hydrogen (secondary N) is 1. The summed E-state index contributed by atoms with van der Waals surface area (Å²) in [6.07, 6.45) is -0.707. The minimum Gasteiger partial charge on any atom is -0.467 e. The van der Waals surface area contributed by atoms with Crippen molar-refractivity contribution in [3.63, 3.8) is 0 Å². The van der Waals surface area contributed by atoms with E-state index in [-0.39, 0.29) is 5.91 Å². The smallest absolute Gasteiger partial charge is 0.254 e. The van der Waals surface area contributed by atoms with Crippen molar-refractivity contribution >= 4 is 65.3 Å². The number of benzene rings is 2. The summed E-state index contributed by atoms with van der Waals surface area (Å²) in [5, 5.41) is 3.41. The maximum absolute atomic E-state index is 12.3. The second-order valence-electron chi connectivity index (χ2n) is 4.33. The standard InChI is InChI=1S/C15H11Br3ClNO2/c16-15(17,18)14(22-12-8-6-11(19)7-9-12)20-13(21)10-4-2-1-3-5-10/h1-9,14H,(H,20,21). The molecule has 0 heterocycles. The molecule has 0 saturated heterocycles. The Kier molecular flexibility index (Phi) is 6.32. The highest BCUT2D eigenvalue weighted by molar-refractivity contribution is 9.39. The van der Waals surface area contributed by atoms with Gasteiger partial charge in [-0.05, 0) is 36.4 Å². The number of halogens is 4. The van der Waals surface area contributed by atoms with Gasteiger partial charge in [0.2, 0.25) is 6.23 Å². The molecule has 0 bridgehead atoms. The van der Waals surface area contributed by atoms with Gasteiger partial charge in [0, 0.05) is 10.6 Å². The van der Waals surface area contributed by atoms with Gasteiger partial charge in [0.25, 0.3) is 5.91 Å². The van der Waals surface area contributed by atoms with E-state index in [2.05, 4.69) is 53.1 Å². The molecule has 1 N–H and O–H groups in total. The van der Waals surface area contributed by atoms with Crippen molar-refractivity contribution in [3.8, 4) is 5.75 Å². The van der Waals surface area contributed by atoms with Gasteiger partial charge in [-0.2, -0.15) is 0 Å². The number of carbonyl (C=O) groups excluding carboxylic acids is 1. The summed E-state index contributed by atoms with van der Waals surface area (Å²) < 4.78 is 4.97. The summed E-state index contributed by atoms with van der Waals surface area (Å²) in [6, 6.07) is 15.8. The number of hydrogen-bond acceptors (Lipinski definition) is 2. The number of amides is 1. The molecule has 2 aromatic carbocycles. The van der Waals surface area contributed by atoms with Crippen LogP contribution in [0, 0.1) is 0 Å². The Bertz CT molecular complexity index is 629. The number of hydrogen-bond donors (Lipinski definition) is 1. The van der Waals surface area contributed by atoms with E-state index in [0.717, 1.165) is 0 Å². The lowest BCUT2D eigenvalue weighted by molar-refractivity contribution is 0.0845. The molecule has 2 aromatic rings. The Hall–Kier alpha value is -0.560. The van der Waals surface area contributed by atoms with Crippen LogP contribution in [0.15, 0.2) is 54.6 Å². The summed E-state index contributed by atoms with van der Waals surface area (Å²) in [4.78, 5) is 12.3. The summed E-state index contributed by atoms with van der Waals surface area (Å²) in [6.45, 7) is 0. The second kappa shape index (κ2) is 7.81. The van der Waals surface area contributed by atoms with Crippen LogP contribution in [0.5, 0.6) is 5.75 Å². The van der Waals surface area contributed by atoms with Crippen LogP contribution >= 0.6 is 59.4 Å². The third kappa shape index (κ3) is 5.26. The van der Waals surface area contributed by atoms with Gasteiger partial charge in [0.1, 0.15) is 5.75 Å². The quantitative estimate of drug-likeness (QED) is 0.446. The van der Waals surface area contributed by atoms with E-state index in [1.165, 1.54) is 0 Å². The third-order valence-corrected chi connectivity index (χ3v) is 4.16. The predicted octanol–water partition coefficient (Wildman–Crippen LogP) is 5.31. The van der Waals surface area contributed by atoms with Crippen LogP contribution in [-0.4, -0.2) is 14.3 Å². The van der Waals surface area contributed by atoms with Crippen molar-refractivity contribution in [1.29, 1.82) is 0 Å². The zero-order chi connectivity index (χ0) is 16.2. The molecular weight excluding hydrogens is 501 g/mol. The van der Waals surface area contributed by atoms with Crippen LogP contribution in [0.4, 0.5) is 0 Å². The molecule has 1 unspecified atom stereocenters. The number of ether oxygens (including phenoxy) is 1. The minimum absolute atomic E-state index is 0.248. The largest absolute Gasteiger partial charge is 0.467 e. The van der Waals surface area contributed by atoms with E-state index < -0.39 is 8.37 Å². The fraction of sp³-hybridized carbons (Fsp3) is 0.133. The Balaban J connectivity index is 2.13. The number of carbonyl (C=O) groups is 1. The van der Waals surface area contributed by atoms with Crippen LogP contribution in [-0.2, 0) is 0 Å². The van der Waals surface area contributed by atoms with Crippen LogP contribution in [0.2, 0.25) is 5.02 Å². The predicted molar refractivity (Wildman–Crippen MR) is 99.3 cm³/mol. The first kappa shape index (κ1) is 17.8. The van der Waals surface area contributed by atoms with Crippen LogP contribution < -0.4 is 10.1 Å². The van der Waals surface area contributed by atoms with E-state index in [1.807, 2.05) is 6.07 Å². The zero-order valence-electron chi connectivity index (χ0n) is 11.1. The summed E-state index contributed by atoms with van der Waals surface area (Å²) >= 11 is 16.0. The first-order valence-electron chi connectivity index (χ1n) is 6.21. The Morgan fingerprint density at radius 2 is 1.64 bits per heavy atom. The van der Waals surface area contributed by atoms with Crippen molar-refractivity contribution in [3.05, 3.63) is 65.2 Å². The normalized spacial score (nSPS) is 12.5. The number of rotatable bonds is 4. The molecule has 7 heteroatoms. The van der Waals surface area contributed by atoms with Crippen molar-refractivity contribution in [1.82, 2.24) is 5.32 Å². The van der Waals surface area contributed by atoms with E-state index >= 15 is 0 Å². The molecule has 0 aromatic heterocycles. The lowest BCUT2D eigenvalue weighted by Crippen LogP contribution is -2.47. The van der Waals surface area contributed by atoms with Gasteiger partial charge < -0.3 is 10.1 Å². The van der Waals surface area contributed by atoms with Crippen LogP contribution in [0.3, 0.4) is 0 Å². The Morgan fingerprint density at radius 3 is 2.18 bits per heavy atom. The molecule has 1 amide bonds. The summed E-state index contributed by atoms with van der Waals surface area (Å²) in [5.41, 5.74) is 0.545. The van der Waals surface area contributed by atoms with Crippen molar-refractivity contribution < 1.29 is 9.53 Å².